The molecule has 23 heavy (non-hydrogen) atoms. The lowest BCUT2D eigenvalue weighted by Crippen LogP contribution is -2.41. The molecule has 0 unspecified atom stereocenters. The SMILES string of the molecule is C=CCCC[C@H](NC(=O)c1cccc(C(F)(F)F)c1)C(=O)OC. The number of nitrogens with one attached hydrogen (secondary N) is 1. The van der Waals surface area contributed by atoms with E-state index in [0.29, 0.717) is 19.3 Å². The summed E-state index contributed by atoms with van der Waals surface area (Å²) in [6, 6.07) is 3.10. The first-order valence-corrected chi connectivity index (χ1v) is 6.96. The van der Waals surface area contributed by atoms with E-state index >= 15 is 0 Å². The number of allylic oxidation sites excluding steroid dienone is 1. The molecule has 0 aliphatic rings. The van der Waals surface area contributed by atoms with Crippen LogP contribution in [0.4, 0.5) is 13.2 Å². The number of esters is 1. The summed E-state index contributed by atoms with van der Waals surface area (Å²) in [6.07, 6.45) is -1.33. The lowest BCUT2D eigenvalue weighted by atomic mass is 10.1. The number of unbranched alkanes of at least 4 members (excludes halogenated alkanes) is 1. The third-order valence-electron chi connectivity index (χ3n) is 3.14. The summed E-state index contributed by atoms with van der Waals surface area (Å²) in [5.41, 5.74) is -1.09. The van der Waals surface area contributed by atoms with Gasteiger partial charge in [-0.2, -0.15) is 13.2 Å². The molecule has 1 amide bonds. The Hall–Kier alpha value is -2.31. The molecule has 0 aliphatic carbocycles. The minimum absolute atomic E-state index is 0.169. The van der Waals surface area contributed by atoms with Crippen molar-refractivity contribution in [2.24, 2.45) is 0 Å². The number of benzene rings is 1. The maximum Gasteiger partial charge on any atom is 0.416 e. The fourth-order valence-electron chi connectivity index (χ4n) is 1.94. The van der Waals surface area contributed by atoms with Crippen molar-refractivity contribution in [3.8, 4) is 0 Å². The van der Waals surface area contributed by atoms with Gasteiger partial charge in [-0.25, -0.2) is 4.79 Å². The second kappa shape index (κ2) is 8.36. The zero-order chi connectivity index (χ0) is 17.5. The molecule has 1 aromatic rings. The van der Waals surface area contributed by atoms with Crippen LogP contribution in [0.25, 0.3) is 0 Å². The van der Waals surface area contributed by atoms with E-state index in [2.05, 4.69) is 16.6 Å². The fourth-order valence-corrected chi connectivity index (χ4v) is 1.94. The second-order valence-electron chi connectivity index (χ2n) is 4.85. The molecule has 1 aromatic carbocycles. The average molecular weight is 329 g/mol. The summed E-state index contributed by atoms with van der Waals surface area (Å²) in [4.78, 5) is 23.7. The zero-order valence-electron chi connectivity index (χ0n) is 12.7. The van der Waals surface area contributed by atoms with Gasteiger partial charge >= 0.3 is 12.1 Å². The summed E-state index contributed by atoms with van der Waals surface area (Å²) in [5.74, 6) is -1.40. The molecule has 4 nitrogen and oxygen atoms in total. The Morgan fingerprint density at radius 3 is 2.65 bits per heavy atom. The van der Waals surface area contributed by atoms with Crippen LogP contribution in [-0.2, 0) is 15.7 Å². The van der Waals surface area contributed by atoms with Crippen LogP contribution in [0.3, 0.4) is 0 Å². The van der Waals surface area contributed by atoms with Crippen molar-refractivity contribution in [1.29, 1.82) is 0 Å². The van der Waals surface area contributed by atoms with Crippen LogP contribution in [0, 0.1) is 0 Å². The second-order valence-corrected chi connectivity index (χ2v) is 4.85. The topological polar surface area (TPSA) is 55.4 Å². The van der Waals surface area contributed by atoms with E-state index in [9.17, 15) is 22.8 Å². The molecule has 1 atom stereocenters. The number of methoxy groups -OCH3 is 1. The van der Waals surface area contributed by atoms with Crippen molar-refractivity contribution >= 4 is 11.9 Å². The number of ether oxygens (including phenoxy) is 1. The van der Waals surface area contributed by atoms with E-state index in [-0.39, 0.29) is 5.56 Å². The molecule has 0 bridgehead atoms. The summed E-state index contributed by atoms with van der Waals surface area (Å²) in [7, 11) is 1.18. The Bertz CT molecular complexity index is 570. The molecule has 1 rings (SSSR count). The van der Waals surface area contributed by atoms with Gasteiger partial charge in [0.05, 0.1) is 12.7 Å². The van der Waals surface area contributed by atoms with E-state index in [1.165, 1.54) is 13.2 Å². The minimum Gasteiger partial charge on any atom is -0.467 e. The third kappa shape index (κ3) is 5.77. The number of carbonyl (C=O) groups excluding carboxylic acids is 2. The highest BCUT2D eigenvalue weighted by Gasteiger charge is 2.31. The average Bonchev–Trinajstić information content (AvgIpc) is 2.52. The molecule has 0 radical (unpaired) electrons. The Morgan fingerprint density at radius 2 is 2.09 bits per heavy atom. The Kier molecular flexibility index (Phi) is 6.81. The molecule has 1 N–H and O–H groups in total. The van der Waals surface area contributed by atoms with E-state index in [1.807, 2.05) is 0 Å². The van der Waals surface area contributed by atoms with Gasteiger partial charge in [0.2, 0.25) is 0 Å². The van der Waals surface area contributed by atoms with Gasteiger partial charge in [-0.05, 0) is 37.5 Å². The molecule has 0 aromatic heterocycles. The fraction of sp³-hybridized carbons (Fsp3) is 0.375. The van der Waals surface area contributed by atoms with Gasteiger partial charge in [0, 0.05) is 5.56 Å². The first-order chi connectivity index (χ1) is 10.8. The number of halogens is 3. The minimum atomic E-state index is -4.54. The van der Waals surface area contributed by atoms with Crippen LogP contribution in [0.2, 0.25) is 0 Å². The van der Waals surface area contributed by atoms with Gasteiger partial charge in [0.1, 0.15) is 6.04 Å². The van der Waals surface area contributed by atoms with Crippen molar-refractivity contribution in [1.82, 2.24) is 5.32 Å². The van der Waals surface area contributed by atoms with Crippen LogP contribution in [0.5, 0.6) is 0 Å². The van der Waals surface area contributed by atoms with Crippen LogP contribution in [0.15, 0.2) is 36.9 Å². The monoisotopic (exact) mass is 329 g/mol. The standard InChI is InChI=1S/C16H18F3NO3/c1-3-4-5-9-13(15(22)23-2)20-14(21)11-7-6-8-12(10-11)16(17,18)19/h3,6-8,10,13H,1,4-5,9H2,2H3,(H,20,21)/t13-/m0/s1. The number of carbonyl (C=O) groups is 2. The summed E-state index contributed by atoms with van der Waals surface area (Å²) in [5, 5.41) is 2.41. The van der Waals surface area contributed by atoms with Crippen molar-refractivity contribution in [3.05, 3.63) is 48.0 Å². The van der Waals surface area contributed by atoms with Crippen molar-refractivity contribution < 1.29 is 27.5 Å². The highest BCUT2D eigenvalue weighted by Crippen LogP contribution is 2.29. The quantitative estimate of drug-likeness (QED) is 0.474. The predicted octanol–water partition coefficient (Wildman–Crippen LogP) is 3.33. The third-order valence-corrected chi connectivity index (χ3v) is 3.14. The number of hydrogen-bond acceptors (Lipinski definition) is 3. The van der Waals surface area contributed by atoms with Crippen LogP contribution in [-0.4, -0.2) is 25.0 Å². The van der Waals surface area contributed by atoms with Gasteiger partial charge < -0.3 is 10.1 Å². The van der Waals surface area contributed by atoms with E-state index in [0.717, 1.165) is 18.2 Å². The molecule has 0 fully saturated rings. The summed E-state index contributed by atoms with van der Waals surface area (Å²) >= 11 is 0. The van der Waals surface area contributed by atoms with Gasteiger partial charge in [-0.1, -0.05) is 12.1 Å². The largest absolute Gasteiger partial charge is 0.467 e. The van der Waals surface area contributed by atoms with Crippen molar-refractivity contribution in [2.45, 2.75) is 31.5 Å². The highest BCUT2D eigenvalue weighted by atomic mass is 19.4. The van der Waals surface area contributed by atoms with Gasteiger partial charge in [0.25, 0.3) is 5.91 Å². The number of alkyl halides is 3. The molecule has 0 heterocycles. The Labute approximate surface area is 132 Å². The molecule has 0 spiro atoms. The number of rotatable bonds is 7. The molecular formula is C16H18F3NO3. The first kappa shape index (κ1) is 18.7. The summed E-state index contributed by atoms with van der Waals surface area (Å²) < 4.78 is 42.6. The van der Waals surface area contributed by atoms with E-state index in [1.54, 1.807) is 6.08 Å². The predicted molar refractivity (Wildman–Crippen MR) is 78.8 cm³/mol. The van der Waals surface area contributed by atoms with E-state index in [4.69, 9.17) is 0 Å². The Balaban J connectivity index is 2.85. The zero-order valence-corrected chi connectivity index (χ0v) is 12.7. The van der Waals surface area contributed by atoms with Crippen LogP contribution < -0.4 is 5.32 Å². The molecule has 0 aliphatic heterocycles. The van der Waals surface area contributed by atoms with Gasteiger partial charge in [-0.15, -0.1) is 6.58 Å². The maximum atomic E-state index is 12.7. The lowest BCUT2D eigenvalue weighted by Gasteiger charge is -2.16. The van der Waals surface area contributed by atoms with Crippen molar-refractivity contribution in [2.75, 3.05) is 7.11 Å². The molecular weight excluding hydrogens is 311 g/mol. The lowest BCUT2D eigenvalue weighted by molar-refractivity contribution is -0.143. The smallest absolute Gasteiger partial charge is 0.416 e. The number of amides is 1. The van der Waals surface area contributed by atoms with Gasteiger partial charge in [0.15, 0.2) is 0 Å². The highest BCUT2D eigenvalue weighted by molar-refractivity contribution is 5.96. The number of hydrogen-bond donors (Lipinski definition) is 1. The molecule has 126 valence electrons. The van der Waals surface area contributed by atoms with E-state index < -0.39 is 29.7 Å². The van der Waals surface area contributed by atoms with Crippen LogP contribution in [0.1, 0.15) is 35.2 Å². The van der Waals surface area contributed by atoms with Crippen LogP contribution >= 0.6 is 0 Å². The first-order valence-electron chi connectivity index (χ1n) is 6.96. The molecule has 0 saturated carbocycles. The molecule has 7 heteroatoms. The summed E-state index contributed by atoms with van der Waals surface area (Å²) in [6.45, 7) is 3.55. The van der Waals surface area contributed by atoms with Gasteiger partial charge in [-0.3, -0.25) is 4.79 Å². The maximum absolute atomic E-state index is 12.7. The van der Waals surface area contributed by atoms with Crippen molar-refractivity contribution in [3.63, 3.8) is 0 Å². The molecule has 0 saturated heterocycles. The Morgan fingerprint density at radius 1 is 1.39 bits per heavy atom. The normalized spacial score (nSPS) is 12.3.